The number of ether oxygens (including phenoxy) is 2. The Kier molecular flexibility index (Phi) is 8.40. The Labute approximate surface area is 155 Å². The van der Waals surface area contributed by atoms with Crippen LogP contribution in [0.4, 0.5) is 0 Å². The summed E-state index contributed by atoms with van der Waals surface area (Å²) in [5, 5.41) is 0. The summed E-state index contributed by atoms with van der Waals surface area (Å²) in [5.41, 5.74) is 2.47. The number of rotatable bonds is 10. The molecule has 1 unspecified atom stereocenters. The van der Waals surface area contributed by atoms with Crippen molar-refractivity contribution in [2.75, 3.05) is 6.79 Å². The lowest BCUT2D eigenvalue weighted by atomic mass is 9.93. The van der Waals surface area contributed by atoms with Gasteiger partial charge >= 0.3 is 11.9 Å². The lowest BCUT2D eigenvalue weighted by Crippen LogP contribution is -2.21. The fourth-order valence-corrected chi connectivity index (χ4v) is 2.85. The van der Waals surface area contributed by atoms with E-state index in [0.29, 0.717) is 0 Å². The minimum atomic E-state index is -0.456. The predicted octanol–water partition coefficient (Wildman–Crippen LogP) is 4.32. The van der Waals surface area contributed by atoms with Gasteiger partial charge in [0.2, 0.25) is 6.79 Å². The molecule has 2 aromatic rings. The van der Waals surface area contributed by atoms with Crippen LogP contribution in [0.3, 0.4) is 0 Å². The Balaban J connectivity index is 1.86. The highest BCUT2D eigenvalue weighted by atomic mass is 16.7. The molecule has 0 aliphatic heterocycles. The van der Waals surface area contributed by atoms with E-state index in [0.717, 1.165) is 32.1 Å². The lowest BCUT2D eigenvalue weighted by molar-refractivity contribution is -0.169. The summed E-state index contributed by atoms with van der Waals surface area (Å²) in [7, 11) is 0. The number of carbonyl (C=O) groups excluding carboxylic acids is 2. The number of aryl methyl sites for hydroxylation is 2. The average Bonchev–Trinajstić information content (AvgIpc) is 2.65. The molecule has 4 heteroatoms. The van der Waals surface area contributed by atoms with E-state index in [1.807, 2.05) is 36.4 Å². The quantitative estimate of drug-likeness (QED) is 0.471. The van der Waals surface area contributed by atoms with Crippen LogP contribution in [-0.4, -0.2) is 18.7 Å². The number of esters is 2. The maximum absolute atomic E-state index is 12.4. The van der Waals surface area contributed by atoms with Crippen LogP contribution in [0.15, 0.2) is 60.7 Å². The SMILES string of the molecule is CC(=O)OCOC(=O)C(CCCc1ccccc1)CCc1ccccc1. The van der Waals surface area contributed by atoms with Crippen molar-refractivity contribution in [2.45, 2.75) is 39.0 Å². The van der Waals surface area contributed by atoms with Crippen molar-refractivity contribution < 1.29 is 19.1 Å². The zero-order valence-corrected chi connectivity index (χ0v) is 15.2. The second kappa shape index (κ2) is 11.1. The minimum Gasteiger partial charge on any atom is -0.428 e. The topological polar surface area (TPSA) is 52.6 Å². The van der Waals surface area contributed by atoms with Gasteiger partial charge in [-0.2, -0.15) is 0 Å². The van der Waals surface area contributed by atoms with Crippen LogP contribution in [0, 0.1) is 5.92 Å². The predicted molar refractivity (Wildman–Crippen MR) is 100 cm³/mol. The van der Waals surface area contributed by atoms with Gasteiger partial charge in [0.05, 0.1) is 5.92 Å². The van der Waals surface area contributed by atoms with Crippen LogP contribution in [0.2, 0.25) is 0 Å². The van der Waals surface area contributed by atoms with E-state index in [-0.39, 0.29) is 18.7 Å². The fraction of sp³-hybridized carbons (Fsp3) is 0.364. The van der Waals surface area contributed by atoms with E-state index in [1.165, 1.54) is 18.1 Å². The molecule has 0 saturated carbocycles. The number of carbonyl (C=O) groups is 2. The first kappa shape index (κ1) is 19.7. The largest absolute Gasteiger partial charge is 0.428 e. The first-order valence-corrected chi connectivity index (χ1v) is 9.03. The summed E-state index contributed by atoms with van der Waals surface area (Å²) in [6.07, 6.45) is 4.13. The highest BCUT2D eigenvalue weighted by Gasteiger charge is 2.20. The van der Waals surface area contributed by atoms with Gasteiger partial charge in [-0.25, -0.2) is 0 Å². The first-order chi connectivity index (χ1) is 12.6. The Morgan fingerprint density at radius 2 is 1.38 bits per heavy atom. The maximum atomic E-state index is 12.4. The van der Waals surface area contributed by atoms with Gasteiger partial charge in [-0.05, 0) is 43.2 Å². The molecule has 0 aromatic heterocycles. The normalized spacial score (nSPS) is 11.6. The van der Waals surface area contributed by atoms with Crippen molar-refractivity contribution in [3.8, 4) is 0 Å². The monoisotopic (exact) mass is 354 g/mol. The summed E-state index contributed by atoms with van der Waals surface area (Å²) in [6, 6.07) is 20.3. The molecule has 0 fully saturated rings. The van der Waals surface area contributed by atoms with Gasteiger partial charge in [0.25, 0.3) is 0 Å². The molecule has 2 rings (SSSR count). The van der Waals surface area contributed by atoms with Gasteiger partial charge in [0.1, 0.15) is 0 Å². The summed E-state index contributed by atoms with van der Waals surface area (Å²) in [4.78, 5) is 23.2. The van der Waals surface area contributed by atoms with E-state index in [4.69, 9.17) is 9.47 Å². The second-order valence-electron chi connectivity index (χ2n) is 6.32. The molecule has 0 aliphatic carbocycles. The van der Waals surface area contributed by atoms with Crippen LogP contribution in [0.25, 0.3) is 0 Å². The molecule has 2 aromatic carbocycles. The number of hydrogen-bond donors (Lipinski definition) is 0. The molecule has 26 heavy (non-hydrogen) atoms. The third kappa shape index (κ3) is 7.51. The summed E-state index contributed by atoms with van der Waals surface area (Å²) < 4.78 is 9.84. The van der Waals surface area contributed by atoms with Crippen molar-refractivity contribution in [3.05, 3.63) is 71.8 Å². The lowest BCUT2D eigenvalue weighted by Gasteiger charge is -2.16. The zero-order chi connectivity index (χ0) is 18.6. The van der Waals surface area contributed by atoms with Crippen molar-refractivity contribution in [1.29, 1.82) is 0 Å². The molecule has 0 bridgehead atoms. The average molecular weight is 354 g/mol. The maximum Gasteiger partial charge on any atom is 0.311 e. The van der Waals surface area contributed by atoms with E-state index >= 15 is 0 Å². The van der Waals surface area contributed by atoms with Crippen molar-refractivity contribution >= 4 is 11.9 Å². The zero-order valence-electron chi connectivity index (χ0n) is 15.2. The Morgan fingerprint density at radius 3 is 1.96 bits per heavy atom. The first-order valence-electron chi connectivity index (χ1n) is 9.03. The van der Waals surface area contributed by atoms with Crippen LogP contribution in [-0.2, 0) is 31.9 Å². The molecule has 0 heterocycles. The van der Waals surface area contributed by atoms with Crippen LogP contribution in [0.5, 0.6) is 0 Å². The molecule has 4 nitrogen and oxygen atoms in total. The second-order valence-corrected chi connectivity index (χ2v) is 6.32. The van der Waals surface area contributed by atoms with E-state index in [1.54, 1.807) is 0 Å². The van der Waals surface area contributed by atoms with Gasteiger partial charge in [0.15, 0.2) is 0 Å². The highest BCUT2D eigenvalue weighted by molar-refractivity contribution is 5.72. The summed E-state index contributed by atoms with van der Waals surface area (Å²) >= 11 is 0. The van der Waals surface area contributed by atoms with Crippen molar-refractivity contribution in [1.82, 2.24) is 0 Å². The molecule has 0 saturated heterocycles. The molecular formula is C22H26O4. The Bertz CT molecular complexity index is 667. The van der Waals surface area contributed by atoms with Gasteiger partial charge in [-0.15, -0.1) is 0 Å². The van der Waals surface area contributed by atoms with Crippen LogP contribution < -0.4 is 0 Å². The molecule has 0 radical (unpaired) electrons. The van der Waals surface area contributed by atoms with E-state index < -0.39 is 5.97 Å². The minimum absolute atomic E-state index is 0.200. The molecule has 0 spiro atoms. The summed E-state index contributed by atoms with van der Waals surface area (Å²) in [6.45, 7) is 0.981. The molecule has 1 atom stereocenters. The third-order valence-electron chi connectivity index (χ3n) is 4.28. The Morgan fingerprint density at radius 1 is 0.808 bits per heavy atom. The summed E-state index contributed by atoms with van der Waals surface area (Å²) in [5.74, 6) is -0.951. The third-order valence-corrected chi connectivity index (χ3v) is 4.28. The van der Waals surface area contributed by atoms with Gasteiger partial charge in [0, 0.05) is 6.92 Å². The molecule has 0 aliphatic rings. The number of hydrogen-bond acceptors (Lipinski definition) is 4. The van der Waals surface area contributed by atoms with Gasteiger partial charge in [-0.3, -0.25) is 9.59 Å². The molecular weight excluding hydrogens is 328 g/mol. The fourth-order valence-electron chi connectivity index (χ4n) is 2.85. The number of benzene rings is 2. The van der Waals surface area contributed by atoms with Crippen LogP contribution in [0.1, 0.15) is 37.3 Å². The standard InChI is InChI=1S/C22H26O4/c1-18(23)25-17-26-22(24)21(16-15-20-11-6-3-7-12-20)14-8-13-19-9-4-2-5-10-19/h2-7,9-12,21H,8,13-17H2,1H3. The van der Waals surface area contributed by atoms with Gasteiger partial charge < -0.3 is 9.47 Å². The van der Waals surface area contributed by atoms with Crippen LogP contribution >= 0.6 is 0 Å². The van der Waals surface area contributed by atoms with E-state index in [2.05, 4.69) is 24.3 Å². The van der Waals surface area contributed by atoms with Gasteiger partial charge in [-0.1, -0.05) is 60.7 Å². The highest BCUT2D eigenvalue weighted by Crippen LogP contribution is 2.19. The van der Waals surface area contributed by atoms with Crippen molar-refractivity contribution in [3.63, 3.8) is 0 Å². The molecule has 138 valence electrons. The smallest absolute Gasteiger partial charge is 0.311 e. The van der Waals surface area contributed by atoms with Crippen molar-refractivity contribution in [2.24, 2.45) is 5.92 Å². The molecule has 0 amide bonds. The Hall–Kier alpha value is -2.62. The van der Waals surface area contributed by atoms with E-state index in [9.17, 15) is 9.59 Å². The molecule has 0 N–H and O–H groups in total.